The number of rotatable bonds is 1. The Bertz CT molecular complexity index is 289. The predicted molar refractivity (Wildman–Crippen MR) is 70.9 cm³/mol. The van der Waals surface area contributed by atoms with Crippen molar-refractivity contribution in [2.24, 2.45) is 5.92 Å². The number of nitrogens with one attached hydrogen (secondary N) is 1. The fourth-order valence-corrected chi connectivity index (χ4v) is 4.59. The van der Waals surface area contributed by atoms with Crippen molar-refractivity contribution in [3.05, 3.63) is 0 Å². The zero-order valence-electron chi connectivity index (χ0n) is 10.4. The molecule has 3 fully saturated rings. The molecule has 3 rings (SSSR count). The first-order valence-corrected chi connectivity index (χ1v) is 8.13. The highest BCUT2D eigenvalue weighted by Crippen LogP contribution is 2.35. The van der Waals surface area contributed by atoms with Gasteiger partial charge in [0, 0.05) is 24.2 Å². The molecular weight excluding hydrogens is 232 g/mol. The molecule has 3 nitrogen and oxygen atoms in total. The van der Waals surface area contributed by atoms with Gasteiger partial charge in [0.25, 0.3) is 0 Å². The topological polar surface area (TPSA) is 32.3 Å². The van der Waals surface area contributed by atoms with Crippen LogP contribution in [0.3, 0.4) is 0 Å². The van der Waals surface area contributed by atoms with Gasteiger partial charge < -0.3 is 4.90 Å². The highest BCUT2D eigenvalue weighted by Gasteiger charge is 2.38. The summed E-state index contributed by atoms with van der Waals surface area (Å²) in [5.74, 6) is 3.09. The Morgan fingerprint density at radius 3 is 2.82 bits per heavy atom. The lowest BCUT2D eigenvalue weighted by atomic mass is 9.78. The van der Waals surface area contributed by atoms with Crippen LogP contribution < -0.4 is 5.32 Å². The van der Waals surface area contributed by atoms with Gasteiger partial charge in [-0.3, -0.25) is 10.1 Å². The van der Waals surface area contributed by atoms with E-state index < -0.39 is 0 Å². The Balaban J connectivity index is 1.69. The molecule has 0 aromatic rings. The van der Waals surface area contributed by atoms with Crippen molar-refractivity contribution in [3.63, 3.8) is 0 Å². The van der Waals surface area contributed by atoms with Gasteiger partial charge in [-0.1, -0.05) is 12.8 Å². The van der Waals surface area contributed by atoms with Gasteiger partial charge >= 0.3 is 0 Å². The van der Waals surface area contributed by atoms with Crippen LogP contribution in [0.5, 0.6) is 0 Å². The fourth-order valence-electron chi connectivity index (χ4n) is 3.65. The lowest BCUT2D eigenvalue weighted by Gasteiger charge is -2.45. The van der Waals surface area contributed by atoms with E-state index in [2.05, 4.69) is 10.2 Å². The van der Waals surface area contributed by atoms with Crippen LogP contribution in [0.1, 0.15) is 38.5 Å². The van der Waals surface area contributed by atoms with E-state index in [1.165, 1.54) is 38.5 Å². The molecule has 2 aliphatic heterocycles. The van der Waals surface area contributed by atoms with E-state index in [4.69, 9.17) is 0 Å². The van der Waals surface area contributed by atoms with Gasteiger partial charge in [-0.05, 0) is 31.6 Å². The number of nitrogens with zero attached hydrogens (tertiary/aromatic N) is 1. The van der Waals surface area contributed by atoms with E-state index in [1.807, 2.05) is 11.8 Å². The third kappa shape index (κ3) is 2.34. The maximum absolute atomic E-state index is 12.5. The maximum atomic E-state index is 12.5. The number of carbonyl (C=O) groups excluding carboxylic acids is 1. The lowest BCUT2D eigenvalue weighted by Crippen LogP contribution is -2.54. The molecule has 3 atom stereocenters. The van der Waals surface area contributed by atoms with Crippen LogP contribution in [0.15, 0.2) is 0 Å². The van der Waals surface area contributed by atoms with Crippen LogP contribution in [0.2, 0.25) is 0 Å². The van der Waals surface area contributed by atoms with Crippen LogP contribution in [-0.4, -0.2) is 41.1 Å². The largest absolute Gasteiger partial charge is 0.338 e. The van der Waals surface area contributed by atoms with Crippen LogP contribution in [0.4, 0.5) is 0 Å². The molecule has 0 aromatic carbocycles. The van der Waals surface area contributed by atoms with E-state index in [9.17, 15) is 4.79 Å². The Labute approximate surface area is 108 Å². The van der Waals surface area contributed by atoms with Crippen molar-refractivity contribution >= 4 is 17.7 Å². The molecule has 2 saturated heterocycles. The van der Waals surface area contributed by atoms with Crippen molar-refractivity contribution in [2.45, 2.75) is 50.6 Å². The van der Waals surface area contributed by atoms with Gasteiger partial charge in [0.2, 0.25) is 5.91 Å². The standard InChI is InChI=1S/C13H22N2OS/c16-13(11-8-17-9-14-11)15-7-3-5-10-4-1-2-6-12(10)15/h10-12,14H,1-9H2. The molecule has 1 amide bonds. The average Bonchev–Trinajstić information content (AvgIpc) is 2.91. The zero-order chi connectivity index (χ0) is 11.7. The normalized spacial score (nSPS) is 37.9. The van der Waals surface area contributed by atoms with Crippen LogP contribution in [-0.2, 0) is 4.79 Å². The van der Waals surface area contributed by atoms with Crippen molar-refractivity contribution in [2.75, 3.05) is 18.2 Å². The molecule has 3 aliphatic rings. The molecule has 3 unspecified atom stereocenters. The summed E-state index contributed by atoms with van der Waals surface area (Å²) in [7, 11) is 0. The van der Waals surface area contributed by atoms with E-state index >= 15 is 0 Å². The van der Waals surface area contributed by atoms with Gasteiger partial charge in [-0.15, -0.1) is 11.8 Å². The molecule has 17 heavy (non-hydrogen) atoms. The van der Waals surface area contributed by atoms with Crippen LogP contribution in [0, 0.1) is 5.92 Å². The summed E-state index contributed by atoms with van der Waals surface area (Å²) in [6.07, 6.45) is 7.85. The maximum Gasteiger partial charge on any atom is 0.240 e. The van der Waals surface area contributed by atoms with Crippen molar-refractivity contribution in [1.82, 2.24) is 10.2 Å². The predicted octanol–water partition coefficient (Wildman–Crippen LogP) is 1.83. The number of hydrogen-bond acceptors (Lipinski definition) is 3. The second-order valence-electron chi connectivity index (χ2n) is 5.56. The molecule has 0 aromatic heterocycles. The van der Waals surface area contributed by atoms with Crippen LogP contribution in [0.25, 0.3) is 0 Å². The quantitative estimate of drug-likeness (QED) is 0.775. The smallest absolute Gasteiger partial charge is 0.240 e. The monoisotopic (exact) mass is 254 g/mol. The minimum Gasteiger partial charge on any atom is -0.338 e. The molecule has 0 bridgehead atoms. The van der Waals surface area contributed by atoms with Crippen molar-refractivity contribution < 1.29 is 4.79 Å². The first kappa shape index (κ1) is 11.8. The summed E-state index contributed by atoms with van der Waals surface area (Å²) >= 11 is 1.85. The highest BCUT2D eigenvalue weighted by molar-refractivity contribution is 7.99. The highest BCUT2D eigenvalue weighted by atomic mass is 32.2. The third-order valence-electron chi connectivity index (χ3n) is 4.54. The summed E-state index contributed by atoms with van der Waals surface area (Å²) < 4.78 is 0. The summed E-state index contributed by atoms with van der Waals surface area (Å²) in [4.78, 5) is 14.7. The third-order valence-corrected chi connectivity index (χ3v) is 5.48. The number of hydrogen-bond donors (Lipinski definition) is 1. The molecule has 0 spiro atoms. The average molecular weight is 254 g/mol. The molecular formula is C13H22N2OS. The molecule has 1 N–H and O–H groups in total. The number of fused-ring (bicyclic) bond motifs is 1. The number of thioether (sulfide) groups is 1. The van der Waals surface area contributed by atoms with Gasteiger partial charge in [0.1, 0.15) is 0 Å². The van der Waals surface area contributed by atoms with Gasteiger partial charge in [-0.25, -0.2) is 0 Å². The summed E-state index contributed by atoms with van der Waals surface area (Å²) in [6, 6.07) is 0.665. The number of piperidine rings is 1. The molecule has 96 valence electrons. The van der Waals surface area contributed by atoms with E-state index in [0.29, 0.717) is 11.9 Å². The van der Waals surface area contributed by atoms with Gasteiger partial charge in [-0.2, -0.15) is 0 Å². The second kappa shape index (κ2) is 5.19. The first-order chi connectivity index (χ1) is 8.36. The van der Waals surface area contributed by atoms with Crippen molar-refractivity contribution in [1.29, 1.82) is 0 Å². The number of likely N-dealkylation sites (tertiary alicyclic amines) is 1. The number of amides is 1. The molecule has 2 heterocycles. The minimum absolute atomic E-state index is 0.0978. The molecule has 1 saturated carbocycles. The Kier molecular flexibility index (Phi) is 3.61. The summed E-state index contributed by atoms with van der Waals surface area (Å²) in [5.41, 5.74) is 0. The van der Waals surface area contributed by atoms with E-state index in [-0.39, 0.29) is 6.04 Å². The van der Waals surface area contributed by atoms with E-state index in [1.54, 1.807) is 0 Å². The molecule has 0 radical (unpaired) electrons. The van der Waals surface area contributed by atoms with Crippen molar-refractivity contribution in [3.8, 4) is 0 Å². The Morgan fingerprint density at radius 2 is 2.00 bits per heavy atom. The first-order valence-electron chi connectivity index (χ1n) is 6.98. The SMILES string of the molecule is O=C(C1CSCN1)N1CCCC2CCCCC21. The Morgan fingerprint density at radius 1 is 1.18 bits per heavy atom. The van der Waals surface area contributed by atoms with E-state index in [0.717, 1.165) is 24.1 Å². The summed E-state index contributed by atoms with van der Waals surface area (Å²) in [6.45, 7) is 1.00. The zero-order valence-corrected chi connectivity index (χ0v) is 11.2. The minimum atomic E-state index is 0.0978. The number of carbonyl (C=O) groups is 1. The second-order valence-corrected chi connectivity index (χ2v) is 6.59. The lowest BCUT2D eigenvalue weighted by molar-refractivity contribution is -0.139. The molecule has 4 heteroatoms. The van der Waals surface area contributed by atoms with Gasteiger partial charge in [0.05, 0.1) is 6.04 Å². The van der Waals surface area contributed by atoms with Gasteiger partial charge in [0.15, 0.2) is 0 Å². The molecule has 1 aliphatic carbocycles. The summed E-state index contributed by atoms with van der Waals surface area (Å²) in [5, 5.41) is 3.32. The Hall–Kier alpha value is -0.220. The fraction of sp³-hybridized carbons (Fsp3) is 0.923. The van der Waals surface area contributed by atoms with Crippen LogP contribution >= 0.6 is 11.8 Å².